The molecule has 1 nitrogen and oxygen atoms in total. The highest BCUT2D eigenvalue weighted by atomic mass is 35.5. The van der Waals surface area contributed by atoms with Gasteiger partial charge in [0.15, 0.2) is 0 Å². The lowest BCUT2D eigenvalue weighted by Gasteiger charge is -2.06. The summed E-state index contributed by atoms with van der Waals surface area (Å²) in [5.41, 5.74) is 0.0566. The van der Waals surface area contributed by atoms with E-state index in [-0.39, 0.29) is 5.56 Å². The van der Waals surface area contributed by atoms with Crippen LogP contribution in [-0.2, 0) is 0 Å². The fraction of sp³-hybridized carbons (Fsp3) is 0.222. The second-order valence-corrected chi connectivity index (χ2v) is 3.20. The standard InChI is InChI=1S/C9H6ClF3O/c1-5-4-6(2-3-7(5)10)8(14)9(11,12)13/h2-4H,1H3. The van der Waals surface area contributed by atoms with Crippen molar-refractivity contribution in [3.05, 3.63) is 34.3 Å². The SMILES string of the molecule is Cc1cc(C(=O)C(F)(F)F)ccc1Cl. The quantitative estimate of drug-likeness (QED) is 0.666. The summed E-state index contributed by atoms with van der Waals surface area (Å²) in [6, 6.07) is 3.46. The molecule has 0 radical (unpaired) electrons. The summed E-state index contributed by atoms with van der Waals surface area (Å²) in [5.74, 6) is -1.85. The van der Waals surface area contributed by atoms with Gasteiger partial charge in [-0.1, -0.05) is 11.6 Å². The zero-order valence-electron chi connectivity index (χ0n) is 7.15. The zero-order chi connectivity index (χ0) is 10.9. The van der Waals surface area contributed by atoms with Gasteiger partial charge in [0.05, 0.1) is 0 Å². The average Bonchev–Trinajstić information content (AvgIpc) is 2.07. The Labute approximate surface area is 83.5 Å². The van der Waals surface area contributed by atoms with E-state index in [1.807, 2.05) is 0 Å². The minimum Gasteiger partial charge on any atom is -0.284 e. The van der Waals surface area contributed by atoms with Crippen molar-refractivity contribution >= 4 is 17.4 Å². The first-order valence-corrected chi connectivity index (χ1v) is 4.08. The van der Waals surface area contributed by atoms with Crippen molar-refractivity contribution < 1.29 is 18.0 Å². The van der Waals surface area contributed by atoms with Crippen molar-refractivity contribution in [1.82, 2.24) is 0 Å². The minimum absolute atomic E-state index is 0.337. The lowest BCUT2D eigenvalue weighted by Crippen LogP contribution is -2.22. The van der Waals surface area contributed by atoms with Crippen molar-refractivity contribution in [2.24, 2.45) is 0 Å². The lowest BCUT2D eigenvalue weighted by molar-refractivity contribution is -0.0885. The van der Waals surface area contributed by atoms with Gasteiger partial charge in [0.1, 0.15) is 0 Å². The van der Waals surface area contributed by atoms with E-state index in [0.717, 1.165) is 12.1 Å². The van der Waals surface area contributed by atoms with E-state index in [2.05, 4.69) is 0 Å². The molecule has 0 unspecified atom stereocenters. The highest BCUT2D eigenvalue weighted by molar-refractivity contribution is 6.31. The molecule has 14 heavy (non-hydrogen) atoms. The van der Waals surface area contributed by atoms with Gasteiger partial charge < -0.3 is 0 Å². The van der Waals surface area contributed by atoms with Crippen LogP contribution in [-0.4, -0.2) is 12.0 Å². The van der Waals surface area contributed by atoms with Gasteiger partial charge >= 0.3 is 6.18 Å². The van der Waals surface area contributed by atoms with E-state index < -0.39 is 12.0 Å². The first-order valence-electron chi connectivity index (χ1n) is 3.70. The molecular formula is C9H6ClF3O. The van der Waals surface area contributed by atoms with Crippen LogP contribution in [0.3, 0.4) is 0 Å². The maximum absolute atomic E-state index is 12.0. The Morgan fingerprint density at radius 2 is 1.93 bits per heavy atom. The van der Waals surface area contributed by atoms with E-state index in [4.69, 9.17) is 11.6 Å². The Morgan fingerprint density at radius 3 is 2.36 bits per heavy atom. The first kappa shape index (κ1) is 11.0. The molecule has 0 fully saturated rings. The number of hydrogen-bond acceptors (Lipinski definition) is 1. The molecule has 0 heterocycles. The Bertz CT molecular complexity index is 371. The predicted octanol–water partition coefficient (Wildman–Crippen LogP) is 3.39. The van der Waals surface area contributed by atoms with E-state index in [1.54, 1.807) is 0 Å². The van der Waals surface area contributed by atoms with E-state index in [0.29, 0.717) is 10.6 Å². The number of Topliss-reactive ketones (excluding diaryl/α,β-unsaturated/α-hetero) is 1. The van der Waals surface area contributed by atoms with Gasteiger partial charge in [-0.25, -0.2) is 0 Å². The molecule has 0 aromatic heterocycles. The van der Waals surface area contributed by atoms with Crippen LogP contribution in [0.25, 0.3) is 0 Å². The molecule has 0 atom stereocenters. The number of alkyl halides is 3. The number of rotatable bonds is 1. The van der Waals surface area contributed by atoms with Gasteiger partial charge in [0.25, 0.3) is 5.78 Å². The van der Waals surface area contributed by atoms with Crippen molar-refractivity contribution in [3.63, 3.8) is 0 Å². The second-order valence-electron chi connectivity index (χ2n) is 2.79. The monoisotopic (exact) mass is 222 g/mol. The van der Waals surface area contributed by atoms with Crippen molar-refractivity contribution in [2.45, 2.75) is 13.1 Å². The molecule has 0 saturated carbocycles. The van der Waals surface area contributed by atoms with Crippen LogP contribution in [0.2, 0.25) is 5.02 Å². The van der Waals surface area contributed by atoms with Crippen LogP contribution in [0.1, 0.15) is 15.9 Å². The van der Waals surface area contributed by atoms with Gasteiger partial charge in [0, 0.05) is 10.6 Å². The predicted molar refractivity (Wildman–Crippen MR) is 46.6 cm³/mol. The summed E-state index contributed by atoms with van der Waals surface area (Å²) >= 11 is 5.61. The summed E-state index contributed by atoms with van der Waals surface area (Å²) in [5, 5.41) is 0.337. The number of benzene rings is 1. The third-order valence-electron chi connectivity index (χ3n) is 1.68. The molecule has 76 valence electrons. The molecule has 0 saturated heterocycles. The highest BCUT2D eigenvalue weighted by Gasteiger charge is 2.39. The Balaban J connectivity index is 3.10. The largest absolute Gasteiger partial charge is 0.454 e. The van der Waals surface area contributed by atoms with Crippen molar-refractivity contribution in [2.75, 3.05) is 0 Å². The molecule has 0 bridgehead atoms. The molecular weight excluding hydrogens is 217 g/mol. The number of carbonyl (C=O) groups excluding carboxylic acids is 1. The Kier molecular flexibility index (Phi) is 2.85. The zero-order valence-corrected chi connectivity index (χ0v) is 7.91. The summed E-state index contributed by atoms with van der Waals surface area (Å²) in [6.45, 7) is 1.54. The van der Waals surface area contributed by atoms with Gasteiger partial charge in [-0.15, -0.1) is 0 Å². The second kappa shape index (κ2) is 3.61. The van der Waals surface area contributed by atoms with Crippen LogP contribution in [0, 0.1) is 6.92 Å². The number of ketones is 1. The normalized spacial score (nSPS) is 11.5. The molecule has 1 aromatic carbocycles. The number of carbonyl (C=O) groups is 1. The van der Waals surface area contributed by atoms with Crippen LogP contribution in [0.4, 0.5) is 13.2 Å². The van der Waals surface area contributed by atoms with Crippen LogP contribution in [0.5, 0.6) is 0 Å². The van der Waals surface area contributed by atoms with Crippen molar-refractivity contribution in [3.8, 4) is 0 Å². The summed E-state index contributed by atoms with van der Waals surface area (Å²) in [4.78, 5) is 10.8. The molecule has 0 aliphatic heterocycles. The third kappa shape index (κ3) is 2.26. The fourth-order valence-corrected chi connectivity index (χ4v) is 1.07. The Hall–Kier alpha value is -1.03. The van der Waals surface area contributed by atoms with E-state index in [9.17, 15) is 18.0 Å². The number of aryl methyl sites for hydroxylation is 1. The third-order valence-corrected chi connectivity index (χ3v) is 2.10. The minimum atomic E-state index is -4.83. The highest BCUT2D eigenvalue weighted by Crippen LogP contribution is 2.24. The van der Waals surface area contributed by atoms with Crippen LogP contribution in [0.15, 0.2) is 18.2 Å². The molecule has 1 aromatic rings. The van der Waals surface area contributed by atoms with Gasteiger partial charge in [-0.2, -0.15) is 13.2 Å². The fourth-order valence-electron chi connectivity index (χ4n) is 0.950. The summed E-state index contributed by atoms with van der Waals surface area (Å²) < 4.78 is 36.0. The van der Waals surface area contributed by atoms with E-state index >= 15 is 0 Å². The molecule has 0 aliphatic carbocycles. The topological polar surface area (TPSA) is 17.1 Å². The number of hydrogen-bond donors (Lipinski definition) is 0. The molecule has 1 rings (SSSR count). The van der Waals surface area contributed by atoms with Crippen molar-refractivity contribution in [1.29, 1.82) is 0 Å². The van der Waals surface area contributed by atoms with Crippen LogP contribution >= 0.6 is 11.6 Å². The molecule has 0 amide bonds. The summed E-state index contributed by atoms with van der Waals surface area (Å²) in [6.07, 6.45) is -4.83. The smallest absolute Gasteiger partial charge is 0.284 e. The maximum Gasteiger partial charge on any atom is 0.454 e. The molecule has 0 spiro atoms. The average molecular weight is 223 g/mol. The molecule has 0 aliphatic rings. The first-order chi connectivity index (χ1) is 6.32. The van der Waals surface area contributed by atoms with Gasteiger partial charge in [-0.3, -0.25) is 4.79 Å². The van der Waals surface area contributed by atoms with Gasteiger partial charge in [0.2, 0.25) is 0 Å². The maximum atomic E-state index is 12.0. The van der Waals surface area contributed by atoms with E-state index in [1.165, 1.54) is 13.0 Å². The lowest BCUT2D eigenvalue weighted by atomic mass is 10.1. The number of halogens is 4. The van der Waals surface area contributed by atoms with Gasteiger partial charge in [-0.05, 0) is 30.7 Å². The van der Waals surface area contributed by atoms with Crippen LogP contribution < -0.4 is 0 Å². The Morgan fingerprint density at radius 1 is 1.36 bits per heavy atom. The molecule has 0 N–H and O–H groups in total. The molecule has 5 heteroatoms. The summed E-state index contributed by atoms with van der Waals surface area (Å²) in [7, 11) is 0.